The lowest BCUT2D eigenvalue weighted by molar-refractivity contribution is 0.581. The molecule has 3 nitrogen and oxygen atoms in total. The molecule has 0 fully saturated rings. The van der Waals surface area contributed by atoms with Crippen LogP contribution < -0.4 is 5.73 Å². The van der Waals surface area contributed by atoms with E-state index >= 15 is 0 Å². The smallest absolute Gasteiger partial charge is 0.182 e. The second-order valence-corrected chi connectivity index (χ2v) is 6.22. The summed E-state index contributed by atoms with van der Waals surface area (Å²) in [6, 6.07) is 4.45. The Bertz CT molecular complexity index is 456. The first kappa shape index (κ1) is 12.3. The van der Waals surface area contributed by atoms with Crippen LogP contribution >= 0.6 is 11.6 Å². The highest BCUT2D eigenvalue weighted by Gasteiger charge is 2.23. The Hall–Kier alpha value is -0.740. The third kappa shape index (κ3) is 2.44. The van der Waals surface area contributed by atoms with Crippen LogP contribution in [0.5, 0.6) is 0 Å². The van der Waals surface area contributed by atoms with Crippen molar-refractivity contribution in [1.29, 1.82) is 0 Å². The Morgan fingerprint density at radius 3 is 2.53 bits per heavy atom. The van der Waals surface area contributed by atoms with Crippen LogP contribution in [0.25, 0.3) is 0 Å². The molecule has 1 aromatic carbocycles. The van der Waals surface area contributed by atoms with Gasteiger partial charge in [0.05, 0.1) is 15.8 Å². The molecule has 1 unspecified atom stereocenters. The zero-order valence-electron chi connectivity index (χ0n) is 8.70. The molecule has 0 amide bonds. The molecule has 0 saturated carbocycles. The van der Waals surface area contributed by atoms with Gasteiger partial charge in [-0.2, -0.15) is 0 Å². The van der Waals surface area contributed by atoms with Gasteiger partial charge in [0.25, 0.3) is 0 Å². The van der Waals surface area contributed by atoms with Crippen molar-refractivity contribution in [3.63, 3.8) is 0 Å². The van der Waals surface area contributed by atoms with E-state index in [0.29, 0.717) is 11.4 Å². The Kier molecular flexibility index (Phi) is 3.62. The lowest BCUT2D eigenvalue weighted by Gasteiger charge is -2.12. The molecule has 0 saturated heterocycles. The second kappa shape index (κ2) is 4.41. The van der Waals surface area contributed by atoms with Crippen LogP contribution in [0.1, 0.15) is 20.3 Å². The van der Waals surface area contributed by atoms with E-state index in [-0.39, 0.29) is 10.6 Å². The fourth-order valence-corrected chi connectivity index (χ4v) is 2.91. The molecular formula is C10H14ClNO2S. The third-order valence-corrected chi connectivity index (χ3v) is 5.00. The van der Waals surface area contributed by atoms with Crippen LogP contribution in [-0.4, -0.2) is 13.7 Å². The van der Waals surface area contributed by atoms with Crippen molar-refractivity contribution in [3.05, 3.63) is 23.2 Å². The lowest BCUT2D eigenvalue weighted by Crippen LogP contribution is -2.18. The van der Waals surface area contributed by atoms with Crippen molar-refractivity contribution in [2.24, 2.45) is 0 Å². The highest BCUT2D eigenvalue weighted by atomic mass is 35.5. The van der Waals surface area contributed by atoms with E-state index in [0.717, 1.165) is 0 Å². The number of hydrogen-bond donors (Lipinski definition) is 1. The summed E-state index contributed by atoms with van der Waals surface area (Å²) >= 11 is 5.71. The Labute approximate surface area is 95.2 Å². The summed E-state index contributed by atoms with van der Waals surface area (Å²) in [5, 5.41) is 0.0107. The quantitative estimate of drug-likeness (QED) is 0.835. The summed E-state index contributed by atoms with van der Waals surface area (Å²) < 4.78 is 23.9. The van der Waals surface area contributed by atoms with Crippen molar-refractivity contribution in [1.82, 2.24) is 0 Å². The summed E-state index contributed by atoms with van der Waals surface area (Å²) in [6.07, 6.45) is 0.560. The van der Waals surface area contributed by atoms with E-state index in [1.54, 1.807) is 6.92 Å². The molecule has 84 valence electrons. The first-order valence-corrected chi connectivity index (χ1v) is 6.61. The first-order valence-electron chi connectivity index (χ1n) is 4.68. The van der Waals surface area contributed by atoms with E-state index in [1.807, 2.05) is 6.92 Å². The monoisotopic (exact) mass is 247 g/mol. The minimum Gasteiger partial charge on any atom is -0.398 e. The van der Waals surface area contributed by atoms with Crippen molar-refractivity contribution in [3.8, 4) is 0 Å². The Balaban J connectivity index is 3.28. The molecule has 15 heavy (non-hydrogen) atoms. The van der Waals surface area contributed by atoms with Crippen molar-refractivity contribution >= 4 is 27.1 Å². The summed E-state index contributed by atoms with van der Waals surface area (Å²) in [4.78, 5) is 0.168. The fourth-order valence-electron chi connectivity index (χ4n) is 1.21. The van der Waals surface area contributed by atoms with E-state index in [9.17, 15) is 8.42 Å². The lowest BCUT2D eigenvalue weighted by atomic mass is 10.3. The van der Waals surface area contributed by atoms with Gasteiger partial charge in [-0.3, -0.25) is 0 Å². The average molecular weight is 248 g/mol. The molecular weight excluding hydrogens is 234 g/mol. The standard InChI is InChI=1S/C10H14ClNO2S/c1-3-7(2)15(13,14)10-5-4-8(11)6-9(10)12/h4-7H,3,12H2,1-2H3. The number of sulfone groups is 1. The highest BCUT2D eigenvalue weighted by Crippen LogP contribution is 2.26. The fraction of sp³-hybridized carbons (Fsp3) is 0.400. The maximum Gasteiger partial charge on any atom is 0.182 e. The molecule has 5 heteroatoms. The summed E-state index contributed by atoms with van der Waals surface area (Å²) in [6.45, 7) is 3.50. The van der Waals surface area contributed by atoms with Gasteiger partial charge in [0, 0.05) is 5.02 Å². The number of rotatable bonds is 3. The van der Waals surface area contributed by atoms with Gasteiger partial charge in [0.15, 0.2) is 9.84 Å². The largest absolute Gasteiger partial charge is 0.398 e. The zero-order valence-corrected chi connectivity index (χ0v) is 10.3. The number of benzene rings is 1. The van der Waals surface area contributed by atoms with Gasteiger partial charge in [0.2, 0.25) is 0 Å². The van der Waals surface area contributed by atoms with Gasteiger partial charge in [-0.15, -0.1) is 0 Å². The van der Waals surface area contributed by atoms with Crippen LogP contribution in [0.4, 0.5) is 5.69 Å². The number of halogens is 1. The molecule has 0 spiro atoms. The zero-order chi connectivity index (χ0) is 11.6. The average Bonchev–Trinajstić information content (AvgIpc) is 2.15. The number of hydrogen-bond acceptors (Lipinski definition) is 3. The van der Waals surface area contributed by atoms with Gasteiger partial charge in [-0.1, -0.05) is 18.5 Å². The predicted molar refractivity (Wildman–Crippen MR) is 62.8 cm³/mol. The maximum atomic E-state index is 12.0. The molecule has 1 rings (SSSR count). The van der Waals surface area contributed by atoms with E-state index in [4.69, 9.17) is 17.3 Å². The first-order chi connectivity index (χ1) is 6.89. The van der Waals surface area contributed by atoms with Crippen LogP contribution in [0.2, 0.25) is 5.02 Å². The number of nitrogens with two attached hydrogens (primary N) is 1. The molecule has 0 aliphatic heterocycles. The van der Waals surface area contributed by atoms with Gasteiger partial charge in [0.1, 0.15) is 0 Å². The third-order valence-electron chi connectivity index (χ3n) is 2.38. The van der Waals surface area contributed by atoms with Crippen LogP contribution in [-0.2, 0) is 9.84 Å². The van der Waals surface area contributed by atoms with Gasteiger partial charge in [-0.05, 0) is 31.5 Å². The molecule has 1 aromatic rings. The van der Waals surface area contributed by atoms with Crippen LogP contribution in [0, 0.1) is 0 Å². The van der Waals surface area contributed by atoms with Crippen molar-refractivity contribution in [2.45, 2.75) is 30.4 Å². The molecule has 0 aliphatic rings. The SMILES string of the molecule is CCC(C)S(=O)(=O)c1ccc(Cl)cc1N. The predicted octanol–water partition coefficient (Wildman–Crippen LogP) is 2.49. The van der Waals surface area contributed by atoms with E-state index in [1.165, 1.54) is 18.2 Å². The summed E-state index contributed by atoms with van der Waals surface area (Å²) in [5.74, 6) is 0. The maximum absolute atomic E-state index is 12.0. The van der Waals surface area contributed by atoms with Gasteiger partial charge >= 0.3 is 0 Å². The van der Waals surface area contributed by atoms with Crippen molar-refractivity contribution < 1.29 is 8.42 Å². The van der Waals surface area contributed by atoms with Crippen LogP contribution in [0.3, 0.4) is 0 Å². The van der Waals surface area contributed by atoms with Crippen LogP contribution in [0.15, 0.2) is 23.1 Å². The Morgan fingerprint density at radius 1 is 1.47 bits per heavy atom. The topological polar surface area (TPSA) is 60.2 Å². The molecule has 0 aliphatic carbocycles. The normalized spacial score (nSPS) is 13.8. The van der Waals surface area contributed by atoms with Gasteiger partial charge < -0.3 is 5.73 Å². The highest BCUT2D eigenvalue weighted by molar-refractivity contribution is 7.92. The summed E-state index contributed by atoms with van der Waals surface area (Å²) in [5.41, 5.74) is 5.85. The molecule has 0 radical (unpaired) electrons. The molecule has 0 aromatic heterocycles. The number of nitrogen functional groups attached to an aromatic ring is 1. The van der Waals surface area contributed by atoms with Gasteiger partial charge in [-0.25, -0.2) is 8.42 Å². The molecule has 2 N–H and O–H groups in total. The summed E-state index contributed by atoms with van der Waals surface area (Å²) in [7, 11) is -3.32. The minimum atomic E-state index is -3.32. The van der Waals surface area contributed by atoms with Crippen molar-refractivity contribution in [2.75, 3.05) is 5.73 Å². The molecule has 1 atom stereocenters. The molecule has 0 bridgehead atoms. The number of anilines is 1. The van der Waals surface area contributed by atoms with E-state index < -0.39 is 15.1 Å². The second-order valence-electron chi connectivity index (χ2n) is 3.45. The molecule has 0 heterocycles. The minimum absolute atomic E-state index is 0.168. The Morgan fingerprint density at radius 2 is 2.07 bits per heavy atom. The van der Waals surface area contributed by atoms with E-state index in [2.05, 4.69) is 0 Å².